The molecule has 0 aliphatic rings. The Kier molecular flexibility index (Phi) is 65.2. The predicted octanol–water partition coefficient (Wildman–Crippen LogP) is 12.4. The molecular weight excluding hydrogens is 1140 g/mol. The van der Waals surface area contributed by atoms with Gasteiger partial charge in [-0.3, -0.25) is 0 Å². The zero-order valence-electron chi connectivity index (χ0n) is 55.8. The zero-order valence-corrected chi connectivity index (χ0v) is 61.8. The molecule has 0 atom stereocenters. The van der Waals surface area contributed by atoms with Crippen molar-refractivity contribution in [1.29, 1.82) is 0 Å². The van der Waals surface area contributed by atoms with Crippen LogP contribution in [0, 0.1) is 0 Å². The van der Waals surface area contributed by atoms with Crippen molar-refractivity contribution in [1.82, 2.24) is 0 Å². The topological polar surface area (TPSA) is 177 Å². The fraction of sp³-hybridized carbons (Fsp3) is 1.00. The predicted molar refractivity (Wildman–Crippen MR) is 335 cm³/mol. The van der Waals surface area contributed by atoms with Gasteiger partial charge in [0.15, 0.2) is 0 Å². The Morgan fingerprint density at radius 3 is 0.775 bits per heavy atom. The zero-order chi connectivity index (χ0) is 62.1. The molecule has 0 amide bonds. The van der Waals surface area contributed by atoms with Crippen LogP contribution in [-0.4, -0.2) is 212 Å². The van der Waals surface area contributed by atoms with Gasteiger partial charge in [-0.15, -0.1) is 0 Å². The van der Waals surface area contributed by atoms with Crippen molar-refractivity contribution in [2.45, 2.75) is 210 Å². The maximum atomic E-state index is 13.3. The lowest BCUT2D eigenvalue weighted by atomic mass is 10.0. The molecule has 80 heavy (non-hydrogen) atoms. The van der Waals surface area contributed by atoms with E-state index in [0.29, 0.717) is 39.6 Å². The van der Waals surface area contributed by atoms with E-state index in [4.69, 9.17) is 75.2 Å². The molecule has 0 rings (SSSR count). The lowest BCUT2D eigenvalue weighted by Crippen LogP contribution is -2.74. The molecule has 0 heterocycles. The van der Waals surface area contributed by atoms with Crippen LogP contribution in [-0.2, 0) is 75.2 Å². The molecule has 0 bridgehead atoms. The Hall–Kier alpha value is 0.471. The number of rotatable bonds is 51. The van der Waals surface area contributed by atoms with Crippen molar-refractivity contribution in [2.24, 2.45) is 0 Å². The quantitative estimate of drug-likeness (QED) is 0.0263. The van der Waals surface area contributed by atoms with Gasteiger partial charge in [-0.2, -0.15) is 0 Å². The highest BCUT2D eigenvalue weighted by Crippen LogP contribution is 2.28. The molecule has 0 aliphatic heterocycles. The Morgan fingerprint density at radius 1 is 0.312 bits per heavy atom. The average molecular weight is 1270 g/mol. The summed E-state index contributed by atoms with van der Waals surface area (Å²) in [5, 5.41) is 9.41. The lowest BCUT2D eigenvalue weighted by molar-refractivity contribution is -0.870. The number of halogens is 1. The summed E-state index contributed by atoms with van der Waals surface area (Å²) in [6.07, 6.45) is 24.3. The van der Waals surface area contributed by atoms with E-state index in [-0.39, 0.29) is 26.1 Å². The molecule has 0 fully saturated rings. The highest BCUT2D eigenvalue weighted by atomic mass is 29.3. The van der Waals surface area contributed by atoms with Crippen LogP contribution in [0.4, 0.5) is 4.11 Å². The van der Waals surface area contributed by atoms with Gasteiger partial charge < -0.3 is 84.8 Å². The third-order valence-corrected chi connectivity index (χ3v) is 32.9. The molecule has 1 N–H and O–H groups in total. The van der Waals surface area contributed by atoms with Crippen LogP contribution in [0.3, 0.4) is 0 Å². The van der Waals surface area contributed by atoms with Crippen LogP contribution in [0.2, 0.25) is 18.1 Å². The van der Waals surface area contributed by atoms with Crippen LogP contribution in [0.5, 0.6) is 0 Å². The first-order valence-corrected chi connectivity index (χ1v) is 42.6. The molecule has 0 aliphatic carbocycles. The molecule has 19 nitrogen and oxygen atoms in total. The molecular formula is C54H131FNO18Si6+. The second-order valence-electron chi connectivity index (χ2n) is 19.5. The average Bonchev–Trinajstić information content (AvgIpc) is 3.43. The van der Waals surface area contributed by atoms with Crippen molar-refractivity contribution in [3.05, 3.63) is 0 Å². The van der Waals surface area contributed by atoms with E-state index < -0.39 is 52.0 Å². The monoisotopic (exact) mass is 1270 g/mol. The van der Waals surface area contributed by atoms with E-state index in [1.807, 2.05) is 41.5 Å². The maximum absolute atomic E-state index is 13.3. The highest BCUT2D eigenvalue weighted by Gasteiger charge is 2.72. The number of aliphatic hydroxyl groups excluding tert-OH is 1. The van der Waals surface area contributed by atoms with Crippen molar-refractivity contribution in [2.75, 3.05) is 150 Å². The summed E-state index contributed by atoms with van der Waals surface area (Å²) >= 11 is 0. The maximum Gasteiger partial charge on any atom is 0.720 e. The minimum Gasteiger partial charge on any atom is -0.396 e. The number of nitrogens with zero attached hydrogens (tertiary/aromatic N) is 1. The van der Waals surface area contributed by atoms with Crippen molar-refractivity contribution < 1.29 is 88.9 Å². The first kappa shape index (κ1) is 89.2. The normalized spacial score (nSPS) is 12.4. The van der Waals surface area contributed by atoms with Crippen LogP contribution in [0.1, 0.15) is 192 Å². The summed E-state index contributed by atoms with van der Waals surface area (Å²) in [6, 6.07) is 2.68. The number of quaternary nitrogens is 1. The van der Waals surface area contributed by atoms with Gasteiger partial charge in [-0.25, -0.2) is 4.11 Å². The van der Waals surface area contributed by atoms with E-state index in [0.717, 1.165) is 48.4 Å². The minimum atomic E-state index is -3.75. The van der Waals surface area contributed by atoms with E-state index in [2.05, 4.69) is 35.0 Å². The first-order chi connectivity index (χ1) is 38.2. The number of hydrogen-bond acceptors (Lipinski definition) is 18. The molecule has 0 unspecified atom stereocenters. The second kappa shape index (κ2) is 58.5. The largest absolute Gasteiger partial charge is 0.720 e. The van der Waals surface area contributed by atoms with Gasteiger partial charge in [0.2, 0.25) is 0 Å². The molecule has 0 spiro atoms. The van der Waals surface area contributed by atoms with Crippen LogP contribution >= 0.6 is 0 Å². The lowest BCUT2D eigenvalue weighted by Gasteiger charge is -2.39. The van der Waals surface area contributed by atoms with Crippen LogP contribution < -0.4 is 0 Å². The molecule has 0 aromatic carbocycles. The van der Waals surface area contributed by atoms with Crippen LogP contribution in [0.15, 0.2) is 0 Å². The summed E-state index contributed by atoms with van der Waals surface area (Å²) in [4.78, 5) is 0. The molecule has 0 saturated heterocycles. The highest BCUT2D eigenvalue weighted by molar-refractivity contribution is 7.26. The van der Waals surface area contributed by atoms with Gasteiger partial charge in [-0.05, 0) is 68.4 Å². The SMILES string of the molecule is CCCCCCCCCCCCCCCCCC[Si](CO)(OC)OC.CCC[Si](OC)(OC)OC.CCO[Si](F)(OCC)OCC.CCO[Si](OCC)(OCC)[Si](OCC)(OCC)OCC.CO[Si](CCC[N+](C)(C)C)(OC)OC. The standard InChI is InChI=1S/C21H46O3Si.C12H30O6Si2.C9H24NO3Si.C6H15FO3Si.C6H16O3Si/c1-4-5-6-7-8-9-10-11-12-13-14-15-16-17-18-19-20-25(21-22,23-2)24-3;1-7-13-19(14-8-2,15-9-3)20(16-10-4,17-11-5)18-12-6;1-10(2,3)8-7-9-14(11-4,12-5)13-6;1-4-8-11(7,9-5-2)10-6-3;1-5-6-10(7-2,8-3)9-4/h22H,4-21H2,1-3H3;7-12H2,1-6H3;7-9H2,1-6H3;4-6H2,1-3H3;5-6H2,1-4H3/q;;+1;;. The molecule has 0 radical (unpaired) electrons. The van der Waals surface area contributed by atoms with Gasteiger partial charge in [0, 0.05) is 135 Å². The molecule has 0 aromatic heterocycles. The summed E-state index contributed by atoms with van der Waals surface area (Å²) in [5.41, 5.74) is 0. The Bertz CT molecular complexity index is 1160. The minimum absolute atomic E-state index is 0.0682. The van der Waals surface area contributed by atoms with Crippen molar-refractivity contribution in [3.8, 4) is 0 Å². The second-order valence-corrected chi connectivity index (χ2v) is 38.6. The number of hydrogen-bond donors (Lipinski definition) is 1. The van der Waals surface area contributed by atoms with Crippen molar-refractivity contribution >= 4 is 52.0 Å². The molecule has 490 valence electrons. The Morgan fingerprint density at radius 2 is 0.575 bits per heavy atom. The van der Waals surface area contributed by atoms with Gasteiger partial charge in [0.05, 0.1) is 33.9 Å². The summed E-state index contributed by atoms with van der Waals surface area (Å²) in [5.74, 6) is 0. The summed E-state index contributed by atoms with van der Waals surface area (Å²) < 4.78 is 106. The Balaban J connectivity index is -0.000000306. The van der Waals surface area contributed by atoms with E-state index >= 15 is 0 Å². The molecule has 0 saturated carbocycles. The third-order valence-electron chi connectivity index (χ3n) is 12.5. The number of unbranched alkanes of at least 4 members (excludes halogenated alkanes) is 15. The molecule has 0 aromatic rings. The van der Waals surface area contributed by atoms with Crippen LogP contribution in [0.25, 0.3) is 0 Å². The van der Waals surface area contributed by atoms with E-state index in [1.165, 1.54) is 96.3 Å². The fourth-order valence-electron chi connectivity index (χ4n) is 8.19. The van der Waals surface area contributed by atoms with Gasteiger partial charge in [0.25, 0.3) is 0 Å². The van der Waals surface area contributed by atoms with Gasteiger partial charge in [-0.1, -0.05) is 123 Å². The molecule has 26 heteroatoms. The van der Waals surface area contributed by atoms with Gasteiger partial charge in [0.1, 0.15) is 0 Å². The smallest absolute Gasteiger partial charge is 0.396 e. The van der Waals surface area contributed by atoms with Crippen molar-refractivity contribution in [3.63, 3.8) is 0 Å². The van der Waals surface area contributed by atoms with E-state index in [9.17, 15) is 9.21 Å². The summed E-state index contributed by atoms with van der Waals surface area (Å²) in [6.45, 7) is 25.7. The Labute approximate surface area is 498 Å². The van der Waals surface area contributed by atoms with Gasteiger partial charge >= 0.3 is 52.0 Å². The number of aliphatic hydroxyl groups is 1. The first-order valence-electron chi connectivity index (χ1n) is 30.4. The fourth-order valence-corrected chi connectivity index (χ4v) is 24.3. The summed E-state index contributed by atoms with van der Waals surface area (Å²) in [7, 11) is 2.84. The third kappa shape index (κ3) is 44.0. The van der Waals surface area contributed by atoms with E-state index in [1.54, 1.807) is 77.6 Å².